The lowest BCUT2D eigenvalue weighted by molar-refractivity contribution is 0.208. The topological polar surface area (TPSA) is 38.7 Å². The summed E-state index contributed by atoms with van der Waals surface area (Å²) in [6.45, 7) is 6.16. The Balaban J connectivity index is 0. The normalized spacial score (nSPS) is 6.60. The summed E-state index contributed by atoms with van der Waals surface area (Å²) in [5.41, 5.74) is 0. The Kier molecular flexibility index (Phi) is 18.6. The maximum Gasteiger partial charge on any atom is 0.235 e. The average molecular weight is 143 g/mol. The van der Waals surface area contributed by atoms with Crippen molar-refractivity contribution in [3.05, 3.63) is 12.7 Å². The van der Waals surface area contributed by atoms with E-state index in [0.29, 0.717) is 13.2 Å². The summed E-state index contributed by atoms with van der Waals surface area (Å²) in [4.78, 5) is 12.6. The molecular weight excluding hydrogens is 130 g/mol. The highest BCUT2D eigenvalue weighted by atomic mass is 16.5. The summed E-state index contributed by atoms with van der Waals surface area (Å²) < 4.78 is 4.57. The van der Waals surface area contributed by atoms with Crippen molar-refractivity contribution in [1.29, 1.82) is 0 Å². The molecular formula is C7H13NO2. The quantitative estimate of drug-likeness (QED) is 0.257. The van der Waals surface area contributed by atoms with Gasteiger partial charge in [0.15, 0.2) is 0 Å². The fourth-order valence-corrected chi connectivity index (χ4v) is 0.183. The van der Waals surface area contributed by atoms with E-state index in [1.807, 2.05) is 6.92 Å². The highest BCUT2D eigenvalue weighted by Crippen LogP contribution is 1.65. The van der Waals surface area contributed by atoms with E-state index in [4.69, 9.17) is 0 Å². The van der Waals surface area contributed by atoms with Crippen molar-refractivity contribution in [3.8, 4) is 0 Å². The Morgan fingerprint density at radius 1 is 1.80 bits per heavy atom. The fraction of sp³-hybridized carbons (Fsp3) is 0.571. The molecule has 0 aromatic heterocycles. The van der Waals surface area contributed by atoms with E-state index in [1.165, 1.54) is 6.08 Å². The summed E-state index contributed by atoms with van der Waals surface area (Å²) in [5, 5.41) is 0. The zero-order chi connectivity index (χ0) is 8.24. The summed E-state index contributed by atoms with van der Waals surface area (Å²) in [7, 11) is 1.56. The van der Waals surface area contributed by atoms with Gasteiger partial charge in [0.1, 0.15) is 0 Å². The number of hydrogen-bond acceptors (Lipinski definition) is 3. The largest absolute Gasteiger partial charge is 0.383 e. The van der Waals surface area contributed by atoms with Gasteiger partial charge in [-0.25, -0.2) is 9.79 Å². The van der Waals surface area contributed by atoms with E-state index in [1.54, 1.807) is 13.2 Å². The van der Waals surface area contributed by atoms with E-state index in [2.05, 4.69) is 16.3 Å². The summed E-state index contributed by atoms with van der Waals surface area (Å²) in [6.07, 6.45) is 3.15. The molecule has 0 aliphatic heterocycles. The van der Waals surface area contributed by atoms with Gasteiger partial charge >= 0.3 is 0 Å². The Hall–Kier alpha value is -0.920. The lowest BCUT2D eigenvalue weighted by atomic mass is 10.7. The van der Waals surface area contributed by atoms with E-state index >= 15 is 0 Å². The highest BCUT2D eigenvalue weighted by Gasteiger charge is 1.73. The SMILES string of the molecule is C=CC.COCCN=C=O. The first-order valence-corrected chi connectivity index (χ1v) is 2.93. The number of carbonyl (C=O) groups excluding carboxylic acids is 1. The molecule has 0 N–H and O–H groups in total. The van der Waals surface area contributed by atoms with E-state index in [9.17, 15) is 4.79 Å². The molecule has 0 atom stereocenters. The number of aliphatic imine (C=N–C) groups is 1. The van der Waals surface area contributed by atoms with Crippen molar-refractivity contribution in [3.63, 3.8) is 0 Å². The van der Waals surface area contributed by atoms with Crippen LogP contribution in [0.25, 0.3) is 0 Å². The van der Waals surface area contributed by atoms with Gasteiger partial charge in [0.2, 0.25) is 6.08 Å². The molecule has 0 amide bonds. The molecule has 0 aromatic rings. The van der Waals surface area contributed by atoms with Gasteiger partial charge in [-0.05, 0) is 6.92 Å². The molecule has 0 saturated heterocycles. The first-order chi connectivity index (χ1) is 4.83. The molecule has 3 nitrogen and oxygen atoms in total. The van der Waals surface area contributed by atoms with Crippen molar-refractivity contribution in [2.45, 2.75) is 6.92 Å². The number of hydrogen-bond donors (Lipinski definition) is 0. The van der Waals surface area contributed by atoms with Crippen molar-refractivity contribution in [2.24, 2.45) is 4.99 Å². The third kappa shape index (κ3) is 27.6. The van der Waals surface area contributed by atoms with Crippen LogP contribution in [0.15, 0.2) is 17.6 Å². The molecule has 0 aromatic carbocycles. The predicted octanol–water partition coefficient (Wildman–Crippen LogP) is 1.16. The summed E-state index contributed by atoms with van der Waals surface area (Å²) in [6, 6.07) is 0. The molecule has 10 heavy (non-hydrogen) atoms. The lowest BCUT2D eigenvalue weighted by Gasteiger charge is -1.85. The summed E-state index contributed by atoms with van der Waals surface area (Å²) >= 11 is 0. The van der Waals surface area contributed by atoms with Gasteiger partial charge < -0.3 is 4.74 Å². The van der Waals surface area contributed by atoms with E-state index in [0.717, 1.165) is 0 Å². The zero-order valence-corrected chi connectivity index (χ0v) is 6.46. The van der Waals surface area contributed by atoms with Gasteiger partial charge in [0, 0.05) is 7.11 Å². The van der Waals surface area contributed by atoms with Crippen molar-refractivity contribution >= 4 is 6.08 Å². The molecule has 0 aliphatic rings. The van der Waals surface area contributed by atoms with Crippen LogP contribution in [0.2, 0.25) is 0 Å². The van der Waals surface area contributed by atoms with Gasteiger partial charge in [-0.15, -0.1) is 6.58 Å². The Bertz CT molecular complexity index is 106. The smallest absolute Gasteiger partial charge is 0.235 e. The minimum Gasteiger partial charge on any atom is -0.383 e. The minimum atomic E-state index is 0.417. The van der Waals surface area contributed by atoms with Crippen LogP contribution in [0.1, 0.15) is 6.92 Å². The first kappa shape index (κ1) is 11.8. The van der Waals surface area contributed by atoms with Crippen LogP contribution in [-0.2, 0) is 9.53 Å². The molecule has 0 aliphatic carbocycles. The highest BCUT2D eigenvalue weighted by molar-refractivity contribution is 5.32. The molecule has 0 fully saturated rings. The molecule has 3 heteroatoms. The zero-order valence-electron chi connectivity index (χ0n) is 6.46. The number of methoxy groups -OCH3 is 1. The molecule has 0 heterocycles. The summed E-state index contributed by atoms with van der Waals surface area (Å²) in [5.74, 6) is 0. The molecule has 0 spiro atoms. The third-order valence-electron chi connectivity index (χ3n) is 0.472. The second-order valence-electron chi connectivity index (χ2n) is 1.37. The Labute approximate surface area is 61.4 Å². The lowest BCUT2D eigenvalue weighted by Crippen LogP contribution is -1.90. The second-order valence-corrected chi connectivity index (χ2v) is 1.37. The van der Waals surface area contributed by atoms with Gasteiger partial charge in [-0.1, -0.05) is 6.08 Å². The van der Waals surface area contributed by atoms with Crippen molar-refractivity contribution in [1.82, 2.24) is 0 Å². The number of ether oxygens (including phenoxy) is 1. The van der Waals surface area contributed by atoms with Crippen molar-refractivity contribution < 1.29 is 9.53 Å². The van der Waals surface area contributed by atoms with Crippen molar-refractivity contribution in [2.75, 3.05) is 20.3 Å². The molecule has 58 valence electrons. The van der Waals surface area contributed by atoms with Gasteiger partial charge in [-0.2, -0.15) is 0 Å². The number of allylic oxidation sites excluding steroid dienone is 1. The minimum absolute atomic E-state index is 0.417. The van der Waals surface area contributed by atoms with Crippen LogP contribution in [0.3, 0.4) is 0 Å². The molecule has 0 bridgehead atoms. The maximum absolute atomic E-state index is 9.33. The molecule has 0 unspecified atom stereocenters. The van der Waals surface area contributed by atoms with E-state index < -0.39 is 0 Å². The predicted molar refractivity (Wildman–Crippen MR) is 40.7 cm³/mol. The van der Waals surface area contributed by atoms with Gasteiger partial charge in [0.05, 0.1) is 13.2 Å². The number of rotatable bonds is 3. The standard InChI is InChI=1S/C4H7NO2.C3H6/c1-7-3-2-5-4-6;1-3-2/h2-3H2,1H3;3H,1H2,2H3. The fourth-order valence-electron chi connectivity index (χ4n) is 0.183. The Morgan fingerprint density at radius 3 is 2.60 bits per heavy atom. The number of nitrogens with zero attached hydrogens (tertiary/aromatic N) is 1. The van der Waals surface area contributed by atoms with Gasteiger partial charge in [-0.3, -0.25) is 0 Å². The molecule has 0 radical (unpaired) electrons. The third-order valence-corrected chi connectivity index (χ3v) is 0.472. The molecule has 0 rings (SSSR count). The Morgan fingerprint density at radius 2 is 2.30 bits per heavy atom. The van der Waals surface area contributed by atoms with Crippen LogP contribution in [-0.4, -0.2) is 26.3 Å². The maximum atomic E-state index is 9.33. The van der Waals surface area contributed by atoms with Crippen LogP contribution < -0.4 is 0 Å². The van der Waals surface area contributed by atoms with Crippen LogP contribution in [0.5, 0.6) is 0 Å². The second kappa shape index (κ2) is 15.7. The van der Waals surface area contributed by atoms with Crippen LogP contribution in [0.4, 0.5) is 0 Å². The average Bonchev–Trinajstić information content (AvgIpc) is 1.91. The monoisotopic (exact) mass is 143 g/mol. The molecule has 0 saturated carbocycles. The van der Waals surface area contributed by atoms with Gasteiger partial charge in [0.25, 0.3) is 0 Å². The first-order valence-electron chi connectivity index (χ1n) is 2.93. The van der Waals surface area contributed by atoms with Crippen LogP contribution in [0, 0.1) is 0 Å². The van der Waals surface area contributed by atoms with Crippen LogP contribution >= 0.6 is 0 Å². The number of isocyanates is 1. The van der Waals surface area contributed by atoms with E-state index in [-0.39, 0.29) is 0 Å².